The van der Waals surface area contributed by atoms with E-state index in [0.29, 0.717) is 22.5 Å². The van der Waals surface area contributed by atoms with Gasteiger partial charge in [-0.25, -0.2) is 4.39 Å². The van der Waals surface area contributed by atoms with Crippen LogP contribution >= 0.6 is 0 Å². The van der Waals surface area contributed by atoms with Gasteiger partial charge in [0.05, 0.1) is 5.69 Å². The van der Waals surface area contributed by atoms with Gasteiger partial charge in [-0.05, 0) is 42.5 Å². The van der Waals surface area contributed by atoms with E-state index in [1.165, 1.54) is 30.3 Å². The van der Waals surface area contributed by atoms with Gasteiger partial charge in [0.2, 0.25) is 5.78 Å². The lowest BCUT2D eigenvalue weighted by Crippen LogP contribution is -2.08. The van der Waals surface area contributed by atoms with E-state index in [9.17, 15) is 14.0 Å². The Hall–Kier alpha value is -3.08. The first-order chi connectivity index (χ1) is 11.1. The second kappa shape index (κ2) is 5.96. The van der Waals surface area contributed by atoms with Gasteiger partial charge in [-0.15, -0.1) is 0 Å². The van der Waals surface area contributed by atoms with Crippen molar-refractivity contribution in [2.24, 2.45) is 7.05 Å². The standard InChI is InChI=1S/C18H13FN2O2/c1-21-11-13(17(22)12-5-7-14(19)8-6-12)10-16(21)18(23)15-4-2-3-9-20-15/h2-11H,1H3. The zero-order valence-electron chi connectivity index (χ0n) is 12.4. The van der Waals surface area contributed by atoms with E-state index in [1.807, 2.05) is 0 Å². The van der Waals surface area contributed by atoms with Crippen LogP contribution in [0, 0.1) is 5.82 Å². The molecule has 0 atom stereocenters. The summed E-state index contributed by atoms with van der Waals surface area (Å²) in [7, 11) is 1.69. The van der Waals surface area contributed by atoms with Gasteiger partial charge in [-0.2, -0.15) is 0 Å². The quantitative estimate of drug-likeness (QED) is 0.696. The van der Waals surface area contributed by atoms with Crippen molar-refractivity contribution in [2.45, 2.75) is 0 Å². The molecule has 0 saturated carbocycles. The number of carbonyl (C=O) groups excluding carboxylic acids is 2. The van der Waals surface area contributed by atoms with Crippen molar-refractivity contribution in [1.82, 2.24) is 9.55 Å². The number of hydrogen-bond donors (Lipinski definition) is 0. The topological polar surface area (TPSA) is 52.0 Å². The third-order valence-electron chi connectivity index (χ3n) is 3.50. The molecule has 0 N–H and O–H groups in total. The molecule has 3 aromatic rings. The molecule has 2 heterocycles. The number of pyridine rings is 1. The lowest BCUT2D eigenvalue weighted by atomic mass is 10.1. The third-order valence-corrected chi connectivity index (χ3v) is 3.50. The van der Waals surface area contributed by atoms with Crippen LogP contribution in [0.3, 0.4) is 0 Å². The Morgan fingerprint density at radius 1 is 1.00 bits per heavy atom. The van der Waals surface area contributed by atoms with E-state index in [4.69, 9.17) is 0 Å². The Bertz CT molecular complexity index is 868. The van der Waals surface area contributed by atoms with Crippen molar-refractivity contribution < 1.29 is 14.0 Å². The molecule has 0 aliphatic heterocycles. The van der Waals surface area contributed by atoms with Gasteiger partial charge >= 0.3 is 0 Å². The van der Waals surface area contributed by atoms with Gasteiger partial charge in [-0.1, -0.05) is 6.07 Å². The zero-order chi connectivity index (χ0) is 16.4. The van der Waals surface area contributed by atoms with E-state index in [1.54, 1.807) is 42.2 Å². The maximum atomic E-state index is 12.9. The van der Waals surface area contributed by atoms with Crippen LogP contribution in [-0.4, -0.2) is 21.1 Å². The van der Waals surface area contributed by atoms with Crippen molar-refractivity contribution in [3.8, 4) is 0 Å². The van der Waals surface area contributed by atoms with E-state index >= 15 is 0 Å². The van der Waals surface area contributed by atoms with E-state index in [0.717, 1.165) is 0 Å². The number of ketones is 2. The molecule has 4 nitrogen and oxygen atoms in total. The van der Waals surface area contributed by atoms with Crippen LogP contribution in [0.2, 0.25) is 0 Å². The predicted octanol–water partition coefficient (Wildman–Crippen LogP) is 3.02. The molecule has 0 amide bonds. The number of benzene rings is 1. The van der Waals surface area contributed by atoms with Crippen molar-refractivity contribution in [2.75, 3.05) is 0 Å². The van der Waals surface area contributed by atoms with Crippen LogP contribution in [0.15, 0.2) is 60.9 Å². The molecule has 1 aromatic carbocycles. The second-order valence-electron chi connectivity index (χ2n) is 5.11. The smallest absolute Gasteiger partial charge is 0.227 e. The molecule has 5 heteroatoms. The predicted molar refractivity (Wildman–Crippen MR) is 82.9 cm³/mol. The molecular weight excluding hydrogens is 295 g/mol. The van der Waals surface area contributed by atoms with Crippen LogP contribution in [0.4, 0.5) is 4.39 Å². The number of aromatic nitrogens is 2. The number of rotatable bonds is 4. The van der Waals surface area contributed by atoms with Crippen molar-refractivity contribution in [1.29, 1.82) is 0 Å². The molecule has 2 aromatic heterocycles. The Morgan fingerprint density at radius 2 is 1.74 bits per heavy atom. The number of halogens is 1. The fraction of sp³-hybridized carbons (Fsp3) is 0.0556. The highest BCUT2D eigenvalue weighted by Crippen LogP contribution is 2.16. The van der Waals surface area contributed by atoms with Crippen molar-refractivity contribution in [3.63, 3.8) is 0 Å². The molecule has 0 radical (unpaired) electrons. The Kier molecular flexibility index (Phi) is 3.85. The number of carbonyl (C=O) groups is 2. The van der Waals surface area contributed by atoms with Gasteiger partial charge in [0.25, 0.3) is 0 Å². The minimum Gasteiger partial charge on any atom is -0.347 e. The van der Waals surface area contributed by atoms with Gasteiger partial charge in [-0.3, -0.25) is 14.6 Å². The molecule has 0 fully saturated rings. The maximum Gasteiger partial charge on any atom is 0.227 e. The number of nitrogens with zero attached hydrogens (tertiary/aromatic N) is 2. The largest absolute Gasteiger partial charge is 0.347 e. The highest BCUT2D eigenvalue weighted by molar-refractivity contribution is 6.12. The van der Waals surface area contributed by atoms with Gasteiger partial charge in [0, 0.05) is 30.6 Å². The van der Waals surface area contributed by atoms with Crippen LogP contribution < -0.4 is 0 Å². The average Bonchev–Trinajstić information content (AvgIpc) is 2.97. The molecule has 0 saturated heterocycles. The van der Waals surface area contributed by atoms with Crippen LogP contribution in [-0.2, 0) is 7.05 Å². The third kappa shape index (κ3) is 2.94. The molecule has 0 aliphatic carbocycles. The number of hydrogen-bond acceptors (Lipinski definition) is 3. The summed E-state index contributed by atoms with van der Waals surface area (Å²) < 4.78 is 14.5. The fourth-order valence-electron chi connectivity index (χ4n) is 2.31. The summed E-state index contributed by atoms with van der Waals surface area (Å²) in [6.45, 7) is 0. The second-order valence-corrected chi connectivity index (χ2v) is 5.11. The molecular formula is C18H13FN2O2. The number of aryl methyl sites for hydroxylation is 1. The first-order valence-corrected chi connectivity index (χ1v) is 6.98. The summed E-state index contributed by atoms with van der Waals surface area (Å²) in [5.41, 5.74) is 1.43. The molecule has 0 bridgehead atoms. The highest BCUT2D eigenvalue weighted by Gasteiger charge is 2.18. The molecule has 3 rings (SSSR count). The SMILES string of the molecule is Cn1cc(C(=O)c2ccc(F)cc2)cc1C(=O)c1ccccn1. The first-order valence-electron chi connectivity index (χ1n) is 6.98. The Labute approximate surface area is 132 Å². The van der Waals surface area contributed by atoms with Crippen LogP contribution in [0.25, 0.3) is 0 Å². The van der Waals surface area contributed by atoms with Crippen LogP contribution in [0.5, 0.6) is 0 Å². The molecule has 23 heavy (non-hydrogen) atoms. The van der Waals surface area contributed by atoms with E-state index in [-0.39, 0.29) is 11.6 Å². The monoisotopic (exact) mass is 308 g/mol. The lowest BCUT2D eigenvalue weighted by Gasteiger charge is -2.00. The van der Waals surface area contributed by atoms with Gasteiger partial charge in [0.15, 0.2) is 5.78 Å². The molecule has 0 aliphatic rings. The summed E-state index contributed by atoms with van der Waals surface area (Å²) in [5, 5.41) is 0. The summed E-state index contributed by atoms with van der Waals surface area (Å²) in [5.74, 6) is -0.924. The summed E-state index contributed by atoms with van der Waals surface area (Å²) >= 11 is 0. The van der Waals surface area contributed by atoms with Crippen molar-refractivity contribution in [3.05, 3.63) is 89.3 Å². The Morgan fingerprint density at radius 3 is 2.39 bits per heavy atom. The van der Waals surface area contributed by atoms with Gasteiger partial charge in [0.1, 0.15) is 11.5 Å². The first kappa shape index (κ1) is 14.8. The normalized spacial score (nSPS) is 10.5. The van der Waals surface area contributed by atoms with Gasteiger partial charge < -0.3 is 4.57 Å². The maximum absolute atomic E-state index is 12.9. The average molecular weight is 308 g/mol. The highest BCUT2D eigenvalue weighted by atomic mass is 19.1. The summed E-state index contributed by atoms with van der Waals surface area (Å²) in [6, 6.07) is 11.9. The van der Waals surface area contributed by atoms with Crippen molar-refractivity contribution >= 4 is 11.6 Å². The molecule has 114 valence electrons. The molecule has 0 unspecified atom stereocenters. The summed E-state index contributed by atoms with van der Waals surface area (Å²) in [6.07, 6.45) is 3.13. The minimum absolute atomic E-state index is 0.258. The Balaban J connectivity index is 1.93. The van der Waals surface area contributed by atoms with E-state index < -0.39 is 5.82 Å². The lowest BCUT2D eigenvalue weighted by molar-refractivity contribution is 0.102. The summed E-state index contributed by atoms with van der Waals surface area (Å²) in [4.78, 5) is 28.9. The minimum atomic E-state index is -0.402. The fourth-order valence-corrected chi connectivity index (χ4v) is 2.31. The van der Waals surface area contributed by atoms with Crippen LogP contribution in [0.1, 0.15) is 32.1 Å². The zero-order valence-corrected chi connectivity index (χ0v) is 12.4. The molecule has 0 spiro atoms. The van der Waals surface area contributed by atoms with E-state index in [2.05, 4.69) is 4.98 Å².